The van der Waals surface area contributed by atoms with E-state index >= 15 is 0 Å². The number of hydrogen-bond donors (Lipinski definition) is 1. The van der Waals surface area contributed by atoms with E-state index in [0.29, 0.717) is 40.6 Å². The molecule has 4 aromatic rings. The van der Waals surface area contributed by atoms with Gasteiger partial charge in [-0.1, -0.05) is 6.58 Å². The van der Waals surface area contributed by atoms with Crippen LogP contribution in [0.3, 0.4) is 0 Å². The highest BCUT2D eigenvalue weighted by molar-refractivity contribution is 7.19. The number of likely N-dealkylation sites (tertiary alicyclic amines) is 1. The lowest BCUT2D eigenvalue weighted by atomic mass is 10.2. The number of ether oxygens (including phenoxy) is 1. The standard InChI is InChI=1S/C23H21N7O2S/c1-4-19(31)29-8-7-14(11-29)30-23-20(22(24)25-12-26-23)15(28-30)5-6-18-27-16-9-13(2)10-17(32-3)21(16)33-18/h4,9-10,12,14H,1,7-8,11H2,2-3H3,(H2,24,25,26). The molecule has 5 rings (SSSR count). The van der Waals surface area contributed by atoms with Gasteiger partial charge in [0.05, 0.1) is 28.8 Å². The van der Waals surface area contributed by atoms with E-state index in [1.165, 1.54) is 23.7 Å². The highest BCUT2D eigenvalue weighted by Gasteiger charge is 2.29. The molecule has 1 aliphatic heterocycles. The van der Waals surface area contributed by atoms with Crippen molar-refractivity contribution in [1.82, 2.24) is 29.6 Å². The van der Waals surface area contributed by atoms with Gasteiger partial charge in [-0.05, 0) is 49.0 Å². The topological polar surface area (TPSA) is 112 Å². The van der Waals surface area contributed by atoms with Gasteiger partial charge in [0.15, 0.2) is 10.7 Å². The van der Waals surface area contributed by atoms with Gasteiger partial charge in [-0.25, -0.2) is 19.6 Å². The second-order valence-corrected chi connectivity index (χ2v) is 8.77. The number of methoxy groups -OCH3 is 1. The first-order valence-electron chi connectivity index (χ1n) is 10.4. The van der Waals surface area contributed by atoms with Gasteiger partial charge in [0.2, 0.25) is 5.91 Å². The first kappa shape index (κ1) is 20.9. The summed E-state index contributed by atoms with van der Waals surface area (Å²) in [6, 6.07) is 3.95. The van der Waals surface area contributed by atoms with Crippen LogP contribution in [0.4, 0.5) is 5.82 Å². The largest absolute Gasteiger partial charge is 0.495 e. The number of nitrogens with zero attached hydrogens (tertiary/aromatic N) is 6. The molecule has 0 saturated carbocycles. The summed E-state index contributed by atoms with van der Waals surface area (Å²) in [7, 11) is 1.65. The Balaban J connectivity index is 1.55. The smallest absolute Gasteiger partial charge is 0.246 e. The molecule has 1 atom stereocenters. The first-order chi connectivity index (χ1) is 16.0. The minimum absolute atomic E-state index is 0.0315. The zero-order valence-electron chi connectivity index (χ0n) is 18.2. The van der Waals surface area contributed by atoms with Crippen LogP contribution >= 0.6 is 11.3 Å². The Morgan fingerprint density at radius 3 is 3.00 bits per heavy atom. The number of nitrogens with two attached hydrogens (primary N) is 1. The zero-order valence-corrected chi connectivity index (χ0v) is 19.0. The molecule has 1 aliphatic rings. The third kappa shape index (κ3) is 3.66. The maximum absolute atomic E-state index is 12.0. The van der Waals surface area contributed by atoms with Gasteiger partial charge >= 0.3 is 0 Å². The number of amides is 1. The van der Waals surface area contributed by atoms with Crippen molar-refractivity contribution < 1.29 is 9.53 Å². The van der Waals surface area contributed by atoms with E-state index in [2.05, 4.69) is 33.4 Å². The van der Waals surface area contributed by atoms with Gasteiger partial charge in [-0.3, -0.25) is 4.79 Å². The van der Waals surface area contributed by atoms with Crippen molar-refractivity contribution in [2.75, 3.05) is 25.9 Å². The predicted octanol–water partition coefficient (Wildman–Crippen LogP) is 2.69. The van der Waals surface area contributed by atoms with Crippen LogP contribution in [0.25, 0.3) is 21.3 Å². The Hall–Kier alpha value is -3.97. The number of rotatable bonds is 3. The molecule has 1 aromatic carbocycles. The summed E-state index contributed by atoms with van der Waals surface area (Å²) < 4.78 is 8.24. The summed E-state index contributed by atoms with van der Waals surface area (Å²) in [6.07, 6.45) is 3.50. The van der Waals surface area contributed by atoms with E-state index in [1.807, 2.05) is 19.1 Å². The number of carbonyl (C=O) groups is 1. The molecule has 1 fully saturated rings. The van der Waals surface area contributed by atoms with E-state index in [1.54, 1.807) is 16.7 Å². The Morgan fingerprint density at radius 2 is 2.21 bits per heavy atom. The minimum atomic E-state index is -0.0929. The van der Waals surface area contributed by atoms with Crippen molar-refractivity contribution in [3.05, 3.63) is 47.4 Å². The van der Waals surface area contributed by atoms with Crippen LogP contribution in [0.15, 0.2) is 31.1 Å². The lowest BCUT2D eigenvalue weighted by Crippen LogP contribution is -2.27. The molecule has 0 aliphatic carbocycles. The van der Waals surface area contributed by atoms with Gasteiger partial charge in [-0.15, -0.1) is 11.3 Å². The highest BCUT2D eigenvalue weighted by Crippen LogP contribution is 2.32. The van der Waals surface area contributed by atoms with E-state index < -0.39 is 0 Å². The van der Waals surface area contributed by atoms with Crippen LogP contribution in [0.1, 0.15) is 28.7 Å². The normalized spacial score (nSPS) is 15.6. The summed E-state index contributed by atoms with van der Waals surface area (Å²) in [5.74, 6) is 7.23. The van der Waals surface area contributed by atoms with E-state index in [4.69, 9.17) is 15.6 Å². The fourth-order valence-corrected chi connectivity index (χ4v) is 4.95. The van der Waals surface area contributed by atoms with Crippen LogP contribution in [0.2, 0.25) is 0 Å². The lowest BCUT2D eigenvalue weighted by Gasteiger charge is -2.14. The number of nitrogen functional groups attached to an aromatic ring is 1. The summed E-state index contributed by atoms with van der Waals surface area (Å²) in [5.41, 5.74) is 9.17. The maximum Gasteiger partial charge on any atom is 0.246 e. The molecule has 3 aromatic heterocycles. The zero-order chi connectivity index (χ0) is 23.1. The predicted molar refractivity (Wildman–Crippen MR) is 127 cm³/mol. The Kier molecular flexibility index (Phi) is 5.18. The van der Waals surface area contributed by atoms with Crippen LogP contribution in [0, 0.1) is 18.8 Å². The summed E-state index contributed by atoms with van der Waals surface area (Å²) >= 11 is 1.46. The molecular formula is C23H21N7O2S. The van der Waals surface area contributed by atoms with Crippen molar-refractivity contribution in [3.8, 4) is 17.6 Å². The van der Waals surface area contributed by atoms with Gasteiger partial charge in [-0.2, -0.15) is 5.10 Å². The SMILES string of the molecule is C=CC(=O)N1CCC(n2nc(C#Cc3nc4cc(C)cc(OC)c4s3)c3c(N)ncnc32)C1. The molecule has 0 radical (unpaired) electrons. The molecular weight excluding hydrogens is 438 g/mol. The van der Waals surface area contributed by atoms with Crippen LogP contribution in [-0.2, 0) is 4.79 Å². The van der Waals surface area contributed by atoms with E-state index in [0.717, 1.165) is 28.0 Å². The minimum Gasteiger partial charge on any atom is -0.495 e. The molecule has 166 valence electrons. The van der Waals surface area contributed by atoms with Gasteiger partial charge in [0.25, 0.3) is 0 Å². The van der Waals surface area contributed by atoms with Crippen molar-refractivity contribution in [2.45, 2.75) is 19.4 Å². The number of anilines is 1. The van der Waals surface area contributed by atoms with E-state index in [9.17, 15) is 4.79 Å². The quantitative estimate of drug-likeness (QED) is 0.370. The van der Waals surface area contributed by atoms with Gasteiger partial charge < -0.3 is 15.4 Å². The molecule has 0 bridgehead atoms. The average Bonchev–Trinajstić information content (AvgIpc) is 3.53. The maximum atomic E-state index is 12.0. The number of aryl methyl sites for hydroxylation is 1. The molecule has 9 nitrogen and oxygen atoms in total. The number of thiazole rings is 1. The number of benzene rings is 1. The summed E-state index contributed by atoms with van der Waals surface area (Å²) in [4.78, 5) is 26.9. The Morgan fingerprint density at radius 1 is 1.36 bits per heavy atom. The monoisotopic (exact) mass is 459 g/mol. The third-order valence-electron chi connectivity index (χ3n) is 5.62. The van der Waals surface area contributed by atoms with E-state index in [-0.39, 0.29) is 11.9 Å². The summed E-state index contributed by atoms with van der Waals surface area (Å²) in [5, 5.41) is 5.97. The van der Waals surface area contributed by atoms with Crippen molar-refractivity contribution >= 4 is 44.3 Å². The van der Waals surface area contributed by atoms with Gasteiger partial charge in [0, 0.05) is 13.1 Å². The lowest BCUT2D eigenvalue weighted by molar-refractivity contribution is -0.125. The molecule has 1 amide bonds. The van der Waals surface area contributed by atoms with Crippen LogP contribution in [0.5, 0.6) is 5.75 Å². The molecule has 1 unspecified atom stereocenters. The molecule has 0 spiro atoms. The number of aromatic nitrogens is 5. The molecule has 33 heavy (non-hydrogen) atoms. The Labute approximate surface area is 193 Å². The number of carbonyl (C=O) groups excluding carboxylic acids is 1. The number of fused-ring (bicyclic) bond motifs is 2. The van der Waals surface area contributed by atoms with Crippen molar-refractivity contribution in [1.29, 1.82) is 0 Å². The summed E-state index contributed by atoms with van der Waals surface area (Å²) in [6.45, 7) is 6.73. The number of hydrogen-bond acceptors (Lipinski definition) is 8. The average molecular weight is 460 g/mol. The Bertz CT molecular complexity index is 1480. The van der Waals surface area contributed by atoms with Crippen molar-refractivity contribution in [3.63, 3.8) is 0 Å². The second kappa shape index (κ2) is 8.18. The van der Waals surface area contributed by atoms with Crippen LogP contribution < -0.4 is 10.5 Å². The van der Waals surface area contributed by atoms with Crippen molar-refractivity contribution in [2.24, 2.45) is 0 Å². The molecule has 10 heteroatoms. The highest BCUT2D eigenvalue weighted by atomic mass is 32.1. The van der Waals surface area contributed by atoms with Gasteiger partial charge in [0.1, 0.15) is 23.6 Å². The second-order valence-electron chi connectivity index (χ2n) is 7.77. The fraction of sp³-hybridized carbons (Fsp3) is 0.261. The molecule has 2 N–H and O–H groups in total. The van der Waals surface area contributed by atoms with Crippen LogP contribution in [-0.4, -0.2) is 55.7 Å². The molecule has 4 heterocycles. The molecule has 1 saturated heterocycles. The third-order valence-corrected chi connectivity index (χ3v) is 6.62. The fourth-order valence-electron chi connectivity index (χ4n) is 4.06. The first-order valence-corrected chi connectivity index (χ1v) is 11.2.